The van der Waals surface area contributed by atoms with Gasteiger partial charge in [0.25, 0.3) is 10.2 Å². The summed E-state index contributed by atoms with van der Waals surface area (Å²) in [7, 11) is -5.43. The first-order valence-corrected chi connectivity index (χ1v) is 14.7. The summed E-state index contributed by atoms with van der Waals surface area (Å²) >= 11 is 0. The van der Waals surface area contributed by atoms with E-state index in [0.717, 1.165) is 37.7 Å². The van der Waals surface area contributed by atoms with Gasteiger partial charge in [-0.05, 0) is 31.2 Å². The molecule has 1 aliphatic carbocycles. The molecule has 0 radical (unpaired) electrons. The summed E-state index contributed by atoms with van der Waals surface area (Å²) in [6, 6.07) is 9.70. The minimum absolute atomic E-state index is 0.0336. The molecule has 10 heteroatoms. The van der Waals surface area contributed by atoms with Gasteiger partial charge in [0.1, 0.15) is 5.75 Å². The summed E-state index contributed by atoms with van der Waals surface area (Å²) in [5, 5.41) is 0. The molecule has 1 aromatic carbocycles. The van der Waals surface area contributed by atoms with Gasteiger partial charge in [0.05, 0.1) is 5.75 Å². The van der Waals surface area contributed by atoms with E-state index in [1.54, 1.807) is 7.05 Å². The van der Waals surface area contributed by atoms with Crippen molar-refractivity contribution in [3.63, 3.8) is 0 Å². The van der Waals surface area contributed by atoms with E-state index in [4.69, 9.17) is 0 Å². The Labute approximate surface area is 192 Å². The van der Waals surface area contributed by atoms with Crippen molar-refractivity contribution in [3.05, 3.63) is 35.9 Å². The number of nitrogens with zero attached hydrogens (tertiary/aromatic N) is 3. The molecule has 0 N–H and O–H groups in total. The minimum Gasteiger partial charge on any atom is -0.339 e. The van der Waals surface area contributed by atoms with Gasteiger partial charge < -0.3 is 4.90 Å². The Morgan fingerprint density at radius 3 is 2.22 bits per heavy atom. The van der Waals surface area contributed by atoms with Crippen molar-refractivity contribution in [3.8, 4) is 0 Å². The van der Waals surface area contributed by atoms with E-state index in [9.17, 15) is 21.6 Å². The van der Waals surface area contributed by atoms with Crippen LogP contribution in [0.2, 0.25) is 0 Å². The highest BCUT2D eigenvalue weighted by Crippen LogP contribution is 2.25. The molecule has 1 aliphatic heterocycles. The summed E-state index contributed by atoms with van der Waals surface area (Å²) in [5.74, 6) is -0.993. The van der Waals surface area contributed by atoms with Crippen LogP contribution < -0.4 is 0 Å². The molecule has 0 unspecified atom stereocenters. The average molecular weight is 486 g/mol. The van der Waals surface area contributed by atoms with Crippen molar-refractivity contribution in [2.24, 2.45) is 0 Å². The summed E-state index contributed by atoms with van der Waals surface area (Å²) in [6.45, 7) is 0.824. The second-order valence-corrected chi connectivity index (χ2v) is 12.9. The van der Waals surface area contributed by atoms with E-state index in [2.05, 4.69) is 0 Å². The molecule has 0 bridgehead atoms. The third-order valence-corrected chi connectivity index (χ3v) is 10.1. The highest BCUT2D eigenvalue weighted by atomic mass is 32.2. The molecular weight excluding hydrogens is 450 g/mol. The molecule has 1 aromatic rings. The first-order chi connectivity index (χ1) is 15.2. The topological polar surface area (TPSA) is 95.1 Å². The quantitative estimate of drug-likeness (QED) is 0.530. The smallest absolute Gasteiger partial charge is 0.282 e. The van der Waals surface area contributed by atoms with Crippen LogP contribution in [0.5, 0.6) is 0 Å². The fourth-order valence-electron chi connectivity index (χ4n) is 4.48. The number of piperazine rings is 1. The van der Waals surface area contributed by atoms with Crippen LogP contribution in [-0.4, -0.2) is 87.0 Å². The van der Waals surface area contributed by atoms with Crippen LogP contribution in [0.1, 0.15) is 44.1 Å². The lowest BCUT2D eigenvalue weighted by atomic mass is 9.96. The van der Waals surface area contributed by atoms with E-state index >= 15 is 0 Å². The van der Waals surface area contributed by atoms with E-state index in [1.807, 2.05) is 30.3 Å². The highest BCUT2D eigenvalue weighted by Gasteiger charge is 2.35. The third kappa shape index (κ3) is 6.76. The van der Waals surface area contributed by atoms with Gasteiger partial charge in [-0.2, -0.15) is 17.0 Å². The second-order valence-electron chi connectivity index (χ2n) is 8.78. The van der Waals surface area contributed by atoms with Crippen LogP contribution in [-0.2, 0) is 31.3 Å². The molecule has 1 saturated heterocycles. The molecular formula is C22H35N3O5S2. The number of sulfone groups is 1. The molecule has 0 spiro atoms. The zero-order valence-electron chi connectivity index (χ0n) is 18.9. The second kappa shape index (κ2) is 11.1. The van der Waals surface area contributed by atoms with E-state index in [0.29, 0.717) is 12.8 Å². The highest BCUT2D eigenvalue weighted by molar-refractivity contribution is 7.92. The number of hydrogen-bond donors (Lipinski definition) is 0. The van der Waals surface area contributed by atoms with Crippen molar-refractivity contribution in [2.45, 2.75) is 51.0 Å². The number of carbonyl (C=O) groups excluding carboxylic acids is 1. The first kappa shape index (κ1) is 25.1. The van der Waals surface area contributed by atoms with Crippen LogP contribution in [0.3, 0.4) is 0 Å². The molecule has 1 saturated carbocycles. The predicted molar refractivity (Wildman–Crippen MR) is 125 cm³/mol. The molecule has 1 heterocycles. The van der Waals surface area contributed by atoms with Crippen LogP contribution in [0, 0.1) is 0 Å². The number of rotatable bonds is 9. The van der Waals surface area contributed by atoms with Crippen molar-refractivity contribution >= 4 is 26.0 Å². The van der Waals surface area contributed by atoms with Gasteiger partial charge >= 0.3 is 0 Å². The normalized spacial score (nSPS) is 19.4. The first-order valence-electron chi connectivity index (χ1n) is 11.4. The Kier molecular flexibility index (Phi) is 8.71. The number of carbonyl (C=O) groups is 1. The van der Waals surface area contributed by atoms with Crippen molar-refractivity contribution in [2.75, 3.05) is 44.7 Å². The van der Waals surface area contributed by atoms with Crippen molar-refractivity contribution in [1.29, 1.82) is 0 Å². The van der Waals surface area contributed by atoms with Crippen molar-refractivity contribution < 1.29 is 21.6 Å². The maximum Gasteiger partial charge on any atom is 0.282 e. The number of amides is 1. The monoisotopic (exact) mass is 485 g/mol. The van der Waals surface area contributed by atoms with Gasteiger partial charge in [-0.15, -0.1) is 0 Å². The van der Waals surface area contributed by atoms with E-state index in [1.165, 1.54) is 13.5 Å². The largest absolute Gasteiger partial charge is 0.339 e. The van der Waals surface area contributed by atoms with Gasteiger partial charge in [-0.25, -0.2) is 8.42 Å². The van der Waals surface area contributed by atoms with Gasteiger partial charge in [-0.3, -0.25) is 4.79 Å². The zero-order valence-corrected chi connectivity index (χ0v) is 20.5. The SMILES string of the molecule is CN(C1CCCCC1)S(=O)(=O)N1CCN(C(=O)CS(=O)(=O)CCCc2ccccc2)CC1. The van der Waals surface area contributed by atoms with Gasteiger partial charge in [-0.1, -0.05) is 49.6 Å². The maximum atomic E-state index is 13.0. The molecule has 0 aromatic heterocycles. The summed E-state index contributed by atoms with van der Waals surface area (Å²) in [6.07, 6.45) is 6.14. The zero-order chi connectivity index (χ0) is 23.2. The lowest BCUT2D eigenvalue weighted by molar-refractivity contribution is -0.129. The molecule has 2 aliphatic rings. The summed E-state index contributed by atoms with van der Waals surface area (Å²) in [4.78, 5) is 14.0. The summed E-state index contributed by atoms with van der Waals surface area (Å²) < 4.78 is 53.7. The molecule has 1 amide bonds. The van der Waals surface area contributed by atoms with E-state index < -0.39 is 31.7 Å². The Bertz CT molecular complexity index is 953. The number of hydrogen-bond acceptors (Lipinski definition) is 5. The lowest BCUT2D eigenvalue weighted by Gasteiger charge is -2.38. The Morgan fingerprint density at radius 1 is 0.969 bits per heavy atom. The Balaban J connectivity index is 1.46. The molecule has 0 atom stereocenters. The van der Waals surface area contributed by atoms with Gasteiger partial charge in [0.15, 0.2) is 9.84 Å². The van der Waals surface area contributed by atoms with Crippen LogP contribution in [0.4, 0.5) is 0 Å². The maximum absolute atomic E-state index is 13.0. The third-order valence-electron chi connectivity index (χ3n) is 6.48. The molecule has 180 valence electrons. The van der Waals surface area contributed by atoms with E-state index in [-0.39, 0.29) is 38.0 Å². The predicted octanol–water partition coefficient (Wildman–Crippen LogP) is 1.69. The molecule has 2 fully saturated rings. The van der Waals surface area contributed by atoms with Crippen molar-refractivity contribution in [1.82, 2.24) is 13.5 Å². The average Bonchev–Trinajstić information content (AvgIpc) is 2.79. The minimum atomic E-state index is -3.57. The van der Waals surface area contributed by atoms with Crippen LogP contribution >= 0.6 is 0 Å². The van der Waals surface area contributed by atoms with Crippen LogP contribution in [0.15, 0.2) is 30.3 Å². The van der Waals surface area contributed by atoms with Gasteiger partial charge in [0.2, 0.25) is 5.91 Å². The standard InChI is InChI=1S/C22H35N3O5S2/c1-23(21-12-6-3-7-13-21)32(29,30)25-16-14-24(15-17-25)22(26)19-31(27,28)18-8-11-20-9-4-2-5-10-20/h2,4-5,9-10,21H,3,6-8,11-19H2,1H3. The fourth-order valence-corrected chi connectivity index (χ4v) is 7.34. The molecule has 8 nitrogen and oxygen atoms in total. The Hall–Kier alpha value is -1.49. The lowest BCUT2D eigenvalue weighted by Crippen LogP contribution is -2.55. The molecule has 32 heavy (non-hydrogen) atoms. The van der Waals surface area contributed by atoms with Gasteiger partial charge in [0, 0.05) is 39.3 Å². The summed E-state index contributed by atoms with van der Waals surface area (Å²) in [5.41, 5.74) is 1.07. The molecule has 3 rings (SSSR count). The Morgan fingerprint density at radius 2 is 1.59 bits per heavy atom. The van der Waals surface area contributed by atoms with Crippen LogP contribution in [0.25, 0.3) is 0 Å². The number of benzene rings is 1. The number of aryl methyl sites for hydroxylation is 1. The fraction of sp³-hybridized carbons (Fsp3) is 0.682.